The van der Waals surface area contributed by atoms with Crippen molar-refractivity contribution in [3.05, 3.63) is 35.4 Å². The van der Waals surface area contributed by atoms with E-state index in [9.17, 15) is 9.18 Å². The van der Waals surface area contributed by atoms with Crippen LogP contribution in [0.15, 0.2) is 18.3 Å². The monoisotopic (exact) mass is 234 g/mol. The third kappa shape index (κ3) is 4.03. The van der Waals surface area contributed by atoms with Crippen molar-refractivity contribution in [2.75, 3.05) is 6.61 Å². The van der Waals surface area contributed by atoms with E-state index in [2.05, 4.69) is 4.98 Å². The second-order valence-electron chi connectivity index (χ2n) is 3.12. The molecule has 0 aliphatic heterocycles. The summed E-state index contributed by atoms with van der Waals surface area (Å²) in [5.41, 5.74) is 0.248. The lowest BCUT2D eigenvalue weighted by atomic mass is 10.2. The quantitative estimate of drug-likeness (QED) is 0.748. The molecule has 1 aromatic heterocycles. The van der Waals surface area contributed by atoms with Crippen LogP contribution in [0.25, 0.3) is 6.08 Å². The summed E-state index contributed by atoms with van der Waals surface area (Å²) in [5.74, 6) is -1.02. The molecule has 0 aliphatic rings. The van der Waals surface area contributed by atoms with E-state index in [4.69, 9.17) is 10.00 Å². The fourth-order valence-electron chi connectivity index (χ4n) is 1.14. The predicted molar refractivity (Wildman–Crippen MR) is 59.2 cm³/mol. The third-order valence-corrected chi connectivity index (χ3v) is 1.87. The van der Waals surface area contributed by atoms with Crippen LogP contribution in [0, 0.1) is 17.1 Å². The smallest absolute Gasteiger partial charge is 0.309 e. The maximum atomic E-state index is 13.1. The molecule has 0 aliphatic carbocycles. The molecule has 0 atom stereocenters. The number of hydrogen-bond acceptors (Lipinski definition) is 4. The summed E-state index contributed by atoms with van der Waals surface area (Å²) >= 11 is 0. The van der Waals surface area contributed by atoms with Crippen molar-refractivity contribution in [2.45, 2.75) is 13.3 Å². The van der Waals surface area contributed by atoms with Gasteiger partial charge in [0.25, 0.3) is 0 Å². The second kappa shape index (κ2) is 6.38. The van der Waals surface area contributed by atoms with Gasteiger partial charge in [0, 0.05) is 6.20 Å². The summed E-state index contributed by atoms with van der Waals surface area (Å²) in [6.07, 6.45) is 4.59. The van der Waals surface area contributed by atoms with Gasteiger partial charge in [-0.1, -0.05) is 12.2 Å². The van der Waals surface area contributed by atoms with Gasteiger partial charge in [-0.05, 0) is 18.6 Å². The Labute approximate surface area is 98.3 Å². The summed E-state index contributed by atoms with van der Waals surface area (Å²) in [7, 11) is 0. The van der Waals surface area contributed by atoms with Gasteiger partial charge in [-0.2, -0.15) is 5.26 Å². The van der Waals surface area contributed by atoms with Crippen LogP contribution >= 0.6 is 0 Å². The van der Waals surface area contributed by atoms with Gasteiger partial charge in [-0.15, -0.1) is 0 Å². The molecule has 0 aromatic carbocycles. The Kier molecular flexibility index (Phi) is 4.82. The molecule has 1 heterocycles. The highest BCUT2D eigenvalue weighted by Gasteiger charge is 2.02. The number of carbonyl (C=O) groups excluding carboxylic acids is 1. The summed E-state index contributed by atoms with van der Waals surface area (Å²) in [6, 6.07) is 2.82. The van der Waals surface area contributed by atoms with Gasteiger partial charge >= 0.3 is 5.97 Å². The van der Waals surface area contributed by atoms with E-state index in [-0.39, 0.29) is 18.1 Å². The molecule has 0 fully saturated rings. The van der Waals surface area contributed by atoms with Crippen LogP contribution in [-0.4, -0.2) is 17.6 Å². The van der Waals surface area contributed by atoms with Crippen LogP contribution in [0.4, 0.5) is 4.39 Å². The Morgan fingerprint density at radius 3 is 3.06 bits per heavy atom. The molecule has 0 saturated heterocycles. The van der Waals surface area contributed by atoms with Crippen molar-refractivity contribution in [3.8, 4) is 6.07 Å². The molecule has 88 valence electrons. The van der Waals surface area contributed by atoms with E-state index < -0.39 is 5.82 Å². The minimum atomic E-state index is -0.675. The molecule has 0 N–H and O–H groups in total. The molecule has 1 aromatic rings. The molecule has 0 bridgehead atoms. The van der Waals surface area contributed by atoms with Gasteiger partial charge in [-0.3, -0.25) is 4.79 Å². The Morgan fingerprint density at radius 2 is 2.47 bits per heavy atom. The standard InChI is InChI=1S/C12H11FN2O2/c1-2-17-12(16)5-3-4-9-6-10(13)11(7-14)15-8-9/h3-4,6,8H,2,5H2,1H3. The highest BCUT2D eigenvalue weighted by molar-refractivity contribution is 5.72. The highest BCUT2D eigenvalue weighted by atomic mass is 19.1. The van der Waals surface area contributed by atoms with E-state index >= 15 is 0 Å². The zero-order chi connectivity index (χ0) is 12.7. The maximum absolute atomic E-state index is 13.1. The topological polar surface area (TPSA) is 63.0 Å². The van der Waals surface area contributed by atoms with Crippen LogP contribution < -0.4 is 0 Å². The average molecular weight is 234 g/mol. The number of carbonyl (C=O) groups is 1. The first-order chi connectivity index (χ1) is 8.17. The van der Waals surface area contributed by atoms with E-state index in [0.29, 0.717) is 12.2 Å². The summed E-state index contributed by atoms with van der Waals surface area (Å²) in [6.45, 7) is 2.06. The number of pyridine rings is 1. The molecule has 0 spiro atoms. The summed E-state index contributed by atoms with van der Waals surface area (Å²) in [5, 5.41) is 8.49. The number of esters is 1. The number of nitrogens with zero attached hydrogens (tertiary/aromatic N) is 2. The van der Waals surface area contributed by atoms with Crippen molar-refractivity contribution >= 4 is 12.0 Å². The molecular weight excluding hydrogens is 223 g/mol. The lowest BCUT2D eigenvalue weighted by molar-refractivity contribution is -0.142. The molecular formula is C12H11FN2O2. The Bertz CT molecular complexity index is 478. The first kappa shape index (κ1) is 12.8. The Hall–Kier alpha value is -2.22. The lowest BCUT2D eigenvalue weighted by Crippen LogP contribution is -2.01. The molecule has 0 amide bonds. The van der Waals surface area contributed by atoms with E-state index in [1.54, 1.807) is 25.1 Å². The molecule has 1 rings (SSSR count). The van der Waals surface area contributed by atoms with Crippen LogP contribution in [0.5, 0.6) is 0 Å². The molecule has 4 nitrogen and oxygen atoms in total. The van der Waals surface area contributed by atoms with Crippen molar-refractivity contribution in [3.63, 3.8) is 0 Å². The number of nitriles is 1. The number of halogens is 1. The van der Waals surface area contributed by atoms with Crippen molar-refractivity contribution < 1.29 is 13.9 Å². The minimum absolute atomic E-state index is 0.120. The summed E-state index contributed by atoms with van der Waals surface area (Å²) < 4.78 is 17.9. The van der Waals surface area contributed by atoms with Crippen LogP contribution in [0.1, 0.15) is 24.6 Å². The van der Waals surface area contributed by atoms with Crippen molar-refractivity contribution in [1.82, 2.24) is 4.98 Å². The highest BCUT2D eigenvalue weighted by Crippen LogP contribution is 2.08. The summed E-state index contributed by atoms with van der Waals surface area (Å²) in [4.78, 5) is 14.6. The van der Waals surface area contributed by atoms with E-state index in [1.807, 2.05) is 0 Å². The number of ether oxygens (including phenoxy) is 1. The second-order valence-corrected chi connectivity index (χ2v) is 3.12. The van der Waals surface area contributed by atoms with Crippen LogP contribution in [-0.2, 0) is 9.53 Å². The van der Waals surface area contributed by atoms with Crippen molar-refractivity contribution in [1.29, 1.82) is 5.26 Å². The largest absolute Gasteiger partial charge is 0.466 e. The van der Waals surface area contributed by atoms with Crippen LogP contribution in [0.2, 0.25) is 0 Å². The first-order valence-corrected chi connectivity index (χ1v) is 5.05. The van der Waals surface area contributed by atoms with Gasteiger partial charge in [0.05, 0.1) is 13.0 Å². The fourth-order valence-corrected chi connectivity index (χ4v) is 1.14. The van der Waals surface area contributed by atoms with Crippen LogP contribution in [0.3, 0.4) is 0 Å². The molecule has 0 unspecified atom stereocenters. The molecule has 5 heteroatoms. The zero-order valence-electron chi connectivity index (χ0n) is 9.31. The number of rotatable bonds is 4. The maximum Gasteiger partial charge on any atom is 0.309 e. The molecule has 0 saturated carbocycles. The zero-order valence-corrected chi connectivity index (χ0v) is 9.31. The van der Waals surface area contributed by atoms with Gasteiger partial charge in [0.1, 0.15) is 6.07 Å². The SMILES string of the molecule is CCOC(=O)CC=Cc1cnc(C#N)c(F)c1. The molecule has 0 radical (unpaired) electrons. The Morgan fingerprint density at radius 1 is 1.71 bits per heavy atom. The van der Waals surface area contributed by atoms with Gasteiger partial charge in [0.2, 0.25) is 0 Å². The average Bonchev–Trinajstić information content (AvgIpc) is 2.29. The normalized spacial score (nSPS) is 10.2. The first-order valence-electron chi connectivity index (χ1n) is 5.05. The minimum Gasteiger partial charge on any atom is -0.466 e. The van der Waals surface area contributed by atoms with E-state index in [1.165, 1.54) is 12.3 Å². The number of hydrogen-bond donors (Lipinski definition) is 0. The predicted octanol–water partition coefficient (Wildman–Crippen LogP) is 2.06. The molecule has 17 heavy (non-hydrogen) atoms. The Balaban J connectivity index is 2.64. The van der Waals surface area contributed by atoms with E-state index in [0.717, 1.165) is 0 Å². The lowest BCUT2D eigenvalue weighted by Gasteiger charge is -1.97. The van der Waals surface area contributed by atoms with Crippen molar-refractivity contribution in [2.24, 2.45) is 0 Å². The number of aromatic nitrogens is 1. The third-order valence-electron chi connectivity index (χ3n) is 1.87. The van der Waals surface area contributed by atoms with Gasteiger partial charge in [0.15, 0.2) is 11.5 Å². The van der Waals surface area contributed by atoms with Gasteiger partial charge < -0.3 is 4.74 Å². The van der Waals surface area contributed by atoms with Gasteiger partial charge in [-0.25, -0.2) is 9.37 Å². The fraction of sp³-hybridized carbons (Fsp3) is 0.250.